The molecule has 4 N–H and O–H groups in total. The maximum Gasteiger partial charge on any atom is 0.308 e. The number of H-pyrrole nitrogens is 1. The zero-order chi connectivity index (χ0) is 17.5. The molecular formula is C15H19N5O4. The van der Waals surface area contributed by atoms with Crippen molar-refractivity contribution >= 4 is 29.3 Å². The average Bonchev–Trinajstić information content (AvgIpc) is 3.07. The molecule has 1 atom stereocenters. The summed E-state index contributed by atoms with van der Waals surface area (Å²) in [6.07, 6.45) is 3.79. The summed E-state index contributed by atoms with van der Waals surface area (Å²) in [5.74, 6) is -0.519. The predicted octanol–water partition coefficient (Wildman–Crippen LogP) is 0.124. The monoisotopic (exact) mass is 333 g/mol. The van der Waals surface area contributed by atoms with Crippen LogP contribution in [0.1, 0.15) is 20.3 Å². The van der Waals surface area contributed by atoms with Gasteiger partial charge in [0.15, 0.2) is 11.2 Å². The number of aromatic nitrogens is 4. The molecule has 0 amide bonds. The Morgan fingerprint density at radius 2 is 2.38 bits per heavy atom. The Kier molecular flexibility index (Phi) is 3.88. The van der Waals surface area contributed by atoms with Gasteiger partial charge in [0.25, 0.3) is 5.56 Å². The third-order valence-electron chi connectivity index (χ3n) is 4.10. The number of ether oxygens (including phenoxy) is 1. The molecule has 0 radical (unpaired) electrons. The van der Waals surface area contributed by atoms with E-state index in [1.54, 1.807) is 24.6 Å². The quantitative estimate of drug-likeness (QED) is 0.661. The average molecular weight is 333 g/mol. The molecule has 2 heterocycles. The fourth-order valence-electron chi connectivity index (χ4n) is 2.43. The molecule has 1 saturated carbocycles. The molecule has 3 rings (SSSR count). The van der Waals surface area contributed by atoms with Gasteiger partial charge >= 0.3 is 5.97 Å². The number of aliphatic hydroxyl groups excluding tert-OH is 1. The van der Waals surface area contributed by atoms with Crippen LogP contribution in [-0.4, -0.2) is 43.8 Å². The summed E-state index contributed by atoms with van der Waals surface area (Å²) in [6.45, 7) is 3.49. The number of nitrogens with two attached hydrogens (primary N) is 1. The molecule has 1 aliphatic carbocycles. The molecule has 24 heavy (non-hydrogen) atoms. The first-order chi connectivity index (χ1) is 11.4. The van der Waals surface area contributed by atoms with Crippen LogP contribution < -0.4 is 11.3 Å². The maximum atomic E-state index is 11.8. The van der Waals surface area contributed by atoms with E-state index in [9.17, 15) is 14.7 Å². The number of nitrogens with one attached hydrogen (secondary N) is 1. The van der Waals surface area contributed by atoms with Crippen LogP contribution in [0.15, 0.2) is 16.7 Å². The van der Waals surface area contributed by atoms with Crippen molar-refractivity contribution < 1.29 is 14.6 Å². The number of hydrogen-bond donors (Lipinski definition) is 3. The van der Waals surface area contributed by atoms with Gasteiger partial charge in [-0.3, -0.25) is 19.1 Å². The standard InChI is InChI=1S/C15H19N5O4/c1-8(2)13(23)24-6-15(5-21)3-9(15)4-20-7-17-10-11(20)18-14(16)19-12(10)22/h4,7-8,21H,3,5-6H2,1-2H3,(H3,16,18,19,22)/b9-4-/t15-/m1/s1. The number of imidazole rings is 1. The van der Waals surface area contributed by atoms with Gasteiger partial charge in [-0.15, -0.1) is 0 Å². The number of carbonyl (C=O) groups excluding carboxylic acids is 1. The molecule has 0 unspecified atom stereocenters. The topological polar surface area (TPSA) is 136 Å². The number of esters is 1. The molecular weight excluding hydrogens is 314 g/mol. The number of fused-ring (bicyclic) bond motifs is 1. The van der Waals surface area contributed by atoms with Gasteiger partial charge in [0.05, 0.1) is 17.9 Å². The smallest absolute Gasteiger partial charge is 0.308 e. The van der Waals surface area contributed by atoms with Crippen molar-refractivity contribution in [1.29, 1.82) is 0 Å². The highest BCUT2D eigenvalue weighted by Gasteiger charge is 2.50. The van der Waals surface area contributed by atoms with Crippen LogP contribution in [0.2, 0.25) is 0 Å². The lowest BCUT2D eigenvalue weighted by molar-refractivity contribution is -0.149. The van der Waals surface area contributed by atoms with Crippen molar-refractivity contribution in [2.45, 2.75) is 20.3 Å². The van der Waals surface area contributed by atoms with E-state index < -0.39 is 11.0 Å². The van der Waals surface area contributed by atoms with E-state index in [2.05, 4.69) is 15.0 Å². The second-order valence-electron chi connectivity index (χ2n) is 6.31. The van der Waals surface area contributed by atoms with Gasteiger partial charge in [-0.1, -0.05) is 13.8 Å². The van der Waals surface area contributed by atoms with Crippen LogP contribution in [0.5, 0.6) is 0 Å². The Morgan fingerprint density at radius 1 is 1.62 bits per heavy atom. The lowest BCUT2D eigenvalue weighted by Gasteiger charge is -2.13. The molecule has 0 aliphatic heterocycles. The fraction of sp³-hybridized carbons (Fsp3) is 0.467. The van der Waals surface area contributed by atoms with E-state index in [-0.39, 0.29) is 36.6 Å². The second kappa shape index (κ2) is 5.75. The largest absolute Gasteiger partial charge is 0.464 e. The highest BCUT2D eigenvalue weighted by Crippen LogP contribution is 2.52. The SMILES string of the molecule is CC(C)C(=O)OC[C@]1(CO)C/C1=C/n1cnc2c(=O)[nH]c(N)nc21. The predicted molar refractivity (Wildman–Crippen MR) is 86.8 cm³/mol. The van der Waals surface area contributed by atoms with Crippen LogP contribution in [0.3, 0.4) is 0 Å². The number of nitrogens with zero attached hydrogens (tertiary/aromatic N) is 3. The summed E-state index contributed by atoms with van der Waals surface area (Å²) in [7, 11) is 0. The van der Waals surface area contributed by atoms with Crippen molar-refractivity contribution in [3.8, 4) is 0 Å². The minimum atomic E-state index is -0.576. The van der Waals surface area contributed by atoms with Crippen LogP contribution in [0, 0.1) is 11.3 Å². The van der Waals surface area contributed by atoms with Crippen LogP contribution in [0.25, 0.3) is 17.4 Å². The molecule has 1 fully saturated rings. The van der Waals surface area contributed by atoms with E-state index in [0.717, 1.165) is 5.57 Å². The molecule has 0 aromatic carbocycles. The molecule has 0 saturated heterocycles. The van der Waals surface area contributed by atoms with E-state index in [0.29, 0.717) is 12.1 Å². The zero-order valence-corrected chi connectivity index (χ0v) is 13.4. The second-order valence-corrected chi connectivity index (χ2v) is 6.31. The molecule has 0 bridgehead atoms. The number of aromatic amines is 1. The molecule has 2 aromatic heterocycles. The van der Waals surface area contributed by atoms with Gasteiger partial charge in [0.2, 0.25) is 5.95 Å². The van der Waals surface area contributed by atoms with Crippen molar-refractivity contribution in [3.63, 3.8) is 0 Å². The number of hydrogen-bond acceptors (Lipinski definition) is 7. The van der Waals surface area contributed by atoms with Gasteiger partial charge in [0, 0.05) is 6.20 Å². The van der Waals surface area contributed by atoms with Gasteiger partial charge in [-0.05, 0) is 12.0 Å². The number of carbonyl (C=O) groups is 1. The third-order valence-corrected chi connectivity index (χ3v) is 4.10. The Labute approximate surface area is 137 Å². The van der Waals surface area contributed by atoms with Crippen LogP contribution in [-0.2, 0) is 9.53 Å². The first-order valence-corrected chi connectivity index (χ1v) is 7.57. The van der Waals surface area contributed by atoms with E-state index in [4.69, 9.17) is 10.5 Å². The summed E-state index contributed by atoms with van der Waals surface area (Å²) < 4.78 is 6.82. The summed E-state index contributed by atoms with van der Waals surface area (Å²) in [6, 6.07) is 0. The van der Waals surface area contributed by atoms with Crippen molar-refractivity contribution in [3.05, 3.63) is 22.3 Å². The van der Waals surface area contributed by atoms with E-state index in [1.807, 2.05) is 0 Å². The number of rotatable bonds is 5. The molecule has 9 nitrogen and oxygen atoms in total. The number of nitrogen functional groups attached to an aromatic ring is 1. The maximum absolute atomic E-state index is 11.8. The summed E-state index contributed by atoms with van der Waals surface area (Å²) in [4.78, 5) is 33.9. The highest BCUT2D eigenvalue weighted by atomic mass is 16.5. The Bertz CT molecular complexity index is 882. The summed E-state index contributed by atoms with van der Waals surface area (Å²) >= 11 is 0. The zero-order valence-electron chi connectivity index (χ0n) is 13.4. The molecule has 2 aromatic rings. The summed E-state index contributed by atoms with van der Waals surface area (Å²) in [5, 5.41) is 9.66. The Hall–Kier alpha value is -2.68. The van der Waals surface area contributed by atoms with Gasteiger partial charge < -0.3 is 15.6 Å². The first-order valence-electron chi connectivity index (χ1n) is 7.57. The van der Waals surface area contributed by atoms with Crippen LogP contribution in [0.4, 0.5) is 5.95 Å². The van der Waals surface area contributed by atoms with Crippen molar-refractivity contribution in [1.82, 2.24) is 19.5 Å². The highest BCUT2D eigenvalue weighted by molar-refractivity contribution is 5.74. The van der Waals surface area contributed by atoms with E-state index in [1.165, 1.54) is 6.33 Å². The molecule has 0 spiro atoms. The molecule has 9 heteroatoms. The van der Waals surface area contributed by atoms with Crippen molar-refractivity contribution in [2.24, 2.45) is 11.3 Å². The number of aliphatic hydroxyl groups is 1. The van der Waals surface area contributed by atoms with E-state index >= 15 is 0 Å². The van der Waals surface area contributed by atoms with Crippen molar-refractivity contribution in [2.75, 3.05) is 18.9 Å². The third kappa shape index (κ3) is 2.78. The minimum Gasteiger partial charge on any atom is -0.464 e. The molecule has 1 aliphatic rings. The van der Waals surface area contributed by atoms with Gasteiger partial charge in [-0.25, -0.2) is 4.98 Å². The Morgan fingerprint density at radius 3 is 3.04 bits per heavy atom. The van der Waals surface area contributed by atoms with Crippen LogP contribution >= 0.6 is 0 Å². The fourth-order valence-corrected chi connectivity index (χ4v) is 2.43. The first kappa shape index (κ1) is 16.2. The van der Waals surface area contributed by atoms with Gasteiger partial charge in [0.1, 0.15) is 12.9 Å². The number of anilines is 1. The Balaban J connectivity index is 1.85. The van der Waals surface area contributed by atoms with Gasteiger partial charge in [-0.2, -0.15) is 4.98 Å². The minimum absolute atomic E-state index is 0.00253. The normalized spacial score (nSPS) is 21.6. The lowest BCUT2D eigenvalue weighted by atomic mass is 10.1. The summed E-state index contributed by atoms with van der Waals surface area (Å²) in [5.41, 5.74) is 5.98. The molecule has 128 valence electrons. The lowest BCUT2D eigenvalue weighted by Crippen LogP contribution is -2.21.